The lowest BCUT2D eigenvalue weighted by Gasteiger charge is -1.88. The van der Waals surface area contributed by atoms with Gasteiger partial charge in [0, 0.05) is 11.8 Å². The molecule has 0 saturated heterocycles. The molecule has 17 heavy (non-hydrogen) atoms. The van der Waals surface area contributed by atoms with E-state index in [1.807, 2.05) is 18.2 Å². The zero-order valence-electron chi connectivity index (χ0n) is 8.91. The molecule has 1 amide bonds. The highest BCUT2D eigenvalue weighted by molar-refractivity contribution is 7.70. The van der Waals surface area contributed by atoms with E-state index in [1.165, 1.54) is 0 Å². The van der Waals surface area contributed by atoms with E-state index in [4.69, 9.17) is 0 Å². The second-order valence-electron chi connectivity index (χ2n) is 3.17. The van der Waals surface area contributed by atoms with Gasteiger partial charge in [0.25, 0.3) is 0 Å². The fraction of sp³-hybridized carbons (Fsp3) is 0. The van der Waals surface area contributed by atoms with Crippen molar-refractivity contribution in [2.75, 3.05) is 4.72 Å². The number of amides is 1. The Labute approximate surface area is 103 Å². The molecule has 84 valence electrons. The predicted octanol–water partition coefficient (Wildman–Crippen LogP) is 2.52. The first-order chi connectivity index (χ1) is 8.36. The van der Waals surface area contributed by atoms with Gasteiger partial charge in [0.05, 0.1) is 4.36 Å². The SMILES string of the molecule is O=C(N=[S+]Nc1ccccn1)c1ccccc1. The van der Waals surface area contributed by atoms with Crippen LogP contribution in [0, 0.1) is 0 Å². The van der Waals surface area contributed by atoms with Gasteiger partial charge in [-0.1, -0.05) is 29.0 Å². The number of hydrogen-bond acceptors (Lipinski definition) is 2. The third-order valence-electron chi connectivity index (χ3n) is 1.96. The number of benzene rings is 1. The molecule has 0 aliphatic rings. The third-order valence-corrected chi connectivity index (χ3v) is 2.52. The average Bonchev–Trinajstić information content (AvgIpc) is 2.41. The summed E-state index contributed by atoms with van der Waals surface area (Å²) in [5, 5.41) is 0. The Bertz CT molecular complexity index is 514. The van der Waals surface area contributed by atoms with Crippen molar-refractivity contribution in [2.45, 2.75) is 0 Å². The lowest BCUT2D eigenvalue weighted by Crippen LogP contribution is -1.97. The summed E-state index contributed by atoms with van der Waals surface area (Å²) in [4.78, 5) is 15.6. The molecular formula is C12H10N3OS+. The van der Waals surface area contributed by atoms with Crippen molar-refractivity contribution < 1.29 is 4.79 Å². The molecule has 4 nitrogen and oxygen atoms in total. The molecule has 1 N–H and O–H groups in total. The van der Waals surface area contributed by atoms with E-state index < -0.39 is 0 Å². The molecule has 0 aliphatic heterocycles. The van der Waals surface area contributed by atoms with Gasteiger partial charge in [-0.05, 0) is 24.3 Å². The summed E-state index contributed by atoms with van der Waals surface area (Å²) in [6, 6.07) is 14.4. The largest absolute Gasteiger partial charge is 0.484 e. The lowest BCUT2D eigenvalue weighted by molar-refractivity contribution is 0.101. The Morgan fingerprint density at radius 2 is 1.88 bits per heavy atom. The highest BCUT2D eigenvalue weighted by atomic mass is 32.1. The van der Waals surface area contributed by atoms with Gasteiger partial charge in [-0.2, -0.15) is 0 Å². The second-order valence-corrected chi connectivity index (χ2v) is 3.74. The molecule has 2 aromatic rings. The number of nitrogens with one attached hydrogen (secondary N) is 1. The Balaban J connectivity index is 1.96. The van der Waals surface area contributed by atoms with E-state index in [-0.39, 0.29) is 5.91 Å². The number of carbonyl (C=O) groups excluding carboxylic acids is 1. The Kier molecular flexibility index (Phi) is 3.88. The zero-order valence-corrected chi connectivity index (χ0v) is 9.72. The fourth-order valence-corrected chi connectivity index (χ4v) is 1.62. The summed E-state index contributed by atoms with van der Waals surface area (Å²) in [6.45, 7) is 0. The third kappa shape index (κ3) is 3.42. The molecule has 0 bridgehead atoms. The quantitative estimate of drug-likeness (QED) is 0.666. The van der Waals surface area contributed by atoms with Crippen LogP contribution in [0.2, 0.25) is 0 Å². The number of pyridine rings is 1. The van der Waals surface area contributed by atoms with Crippen molar-refractivity contribution in [3.63, 3.8) is 0 Å². The summed E-state index contributed by atoms with van der Waals surface area (Å²) in [7, 11) is 0. The first-order valence-corrected chi connectivity index (χ1v) is 5.77. The first kappa shape index (κ1) is 11.3. The topological polar surface area (TPSA) is 54.4 Å². The molecule has 0 saturated carbocycles. The average molecular weight is 244 g/mol. The van der Waals surface area contributed by atoms with Crippen molar-refractivity contribution in [3.05, 3.63) is 60.3 Å². The Morgan fingerprint density at radius 3 is 2.59 bits per heavy atom. The van der Waals surface area contributed by atoms with Crippen molar-refractivity contribution in [2.24, 2.45) is 4.36 Å². The van der Waals surface area contributed by atoms with Crippen LogP contribution in [0.3, 0.4) is 0 Å². The van der Waals surface area contributed by atoms with Crippen molar-refractivity contribution >= 4 is 23.5 Å². The normalized spacial score (nSPS) is 10.4. The summed E-state index contributed by atoms with van der Waals surface area (Å²) < 4.78 is 6.68. The van der Waals surface area contributed by atoms with Crippen molar-refractivity contribution in [3.8, 4) is 0 Å². The maximum Gasteiger partial charge on any atom is 0.484 e. The molecule has 1 heterocycles. The molecule has 0 spiro atoms. The molecular weight excluding hydrogens is 234 g/mol. The Hall–Kier alpha value is -2.14. The van der Waals surface area contributed by atoms with Gasteiger partial charge in [0.1, 0.15) is 0 Å². The van der Waals surface area contributed by atoms with E-state index in [0.29, 0.717) is 11.4 Å². The van der Waals surface area contributed by atoms with Crippen LogP contribution in [0.5, 0.6) is 0 Å². The monoisotopic (exact) mass is 244 g/mol. The summed E-state index contributed by atoms with van der Waals surface area (Å²) in [5.74, 6) is 0.404. The standard InChI is InChI=1S/C12H9N3OS/c16-12(10-6-2-1-3-7-10)15-17-14-11-8-4-5-9-13-11/h1-9H/p+1. The molecule has 0 atom stereocenters. The number of hydrogen-bond donors (Lipinski definition) is 1. The van der Waals surface area contributed by atoms with Crippen LogP contribution in [0.15, 0.2) is 59.1 Å². The molecule has 2 rings (SSSR count). The van der Waals surface area contributed by atoms with Gasteiger partial charge < -0.3 is 0 Å². The van der Waals surface area contributed by atoms with E-state index in [2.05, 4.69) is 14.1 Å². The van der Waals surface area contributed by atoms with Crippen LogP contribution in [0.4, 0.5) is 5.82 Å². The van der Waals surface area contributed by atoms with Gasteiger partial charge >= 0.3 is 17.7 Å². The minimum Gasteiger partial charge on any atom is -0.261 e. The molecule has 0 aliphatic carbocycles. The number of anilines is 1. The summed E-state index contributed by atoms with van der Waals surface area (Å²) >= 11 is 0.972. The van der Waals surface area contributed by atoms with Gasteiger partial charge in [-0.15, -0.1) is 0 Å². The number of aromatic nitrogens is 1. The van der Waals surface area contributed by atoms with Gasteiger partial charge in [-0.3, -0.25) is 4.79 Å². The molecule has 0 radical (unpaired) electrons. The highest BCUT2D eigenvalue weighted by Gasteiger charge is 2.09. The smallest absolute Gasteiger partial charge is 0.261 e. The molecule has 5 heteroatoms. The van der Waals surface area contributed by atoms with Gasteiger partial charge in [0.15, 0.2) is 5.82 Å². The highest BCUT2D eigenvalue weighted by Crippen LogP contribution is 2.02. The molecule has 0 fully saturated rings. The zero-order chi connectivity index (χ0) is 11.9. The lowest BCUT2D eigenvalue weighted by atomic mass is 10.2. The minimum absolute atomic E-state index is 0.265. The predicted molar refractivity (Wildman–Crippen MR) is 68.4 cm³/mol. The van der Waals surface area contributed by atoms with Crippen LogP contribution >= 0.6 is 0 Å². The summed E-state index contributed by atoms with van der Waals surface area (Å²) in [5.41, 5.74) is 0.572. The maximum atomic E-state index is 11.6. The van der Waals surface area contributed by atoms with Crippen LogP contribution in [-0.4, -0.2) is 10.9 Å². The van der Waals surface area contributed by atoms with Gasteiger partial charge in [0.2, 0.25) is 0 Å². The number of rotatable bonds is 3. The van der Waals surface area contributed by atoms with Gasteiger partial charge in [-0.25, -0.2) is 4.98 Å². The van der Waals surface area contributed by atoms with Crippen LogP contribution in [0.25, 0.3) is 0 Å². The molecule has 0 unspecified atom stereocenters. The molecule has 1 aromatic heterocycles. The Morgan fingerprint density at radius 1 is 1.12 bits per heavy atom. The maximum absolute atomic E-state index is 11.6. The fourth-order valence-electron chi connectivity index (χ4n) is 1.17. The van der Waals surface area contributed by atoms with E-state index >= 15 is 0 Å². The minimum atomic E-state index is -0.265. The van der Waals surface area contributed by atoms with Crippen LogP contribution < -0.4 is 4.72 Å². The first-order valence-electron chi connectivity index (χ1n) is 5.00. The van der Waals surface area contributed by atoms with Crippen LogP contribution in [0.1, 0.15) is 10.4 Å². The number of carbonyl (C=O) groups is 1. The van der Waals surface area contributed by atoms with E-state index in [0.717, 1.165) is 11.7 Å². The number of nitrogens with zero attached hydrogens (tertiary/aromatic N) is 2. The van der Waals surface area contributed by atoms with Crippen LogP contribution in [-0.2, 0) is 11.7 Å². The van der Waals surface area contributed by atoms with Crippen molar-refractivity contribution in [1.82, 2.24) is 4.98 Å². The van der Waals surface area contributed by atoms with Crippen molar-refractivity contribution in [1.29, 1.82) is 0 Å². The summed E-state index contributed by atoms with van der Waals surface area (Å²) in [6.07, 6.45) is 1.67. The molecule has 1 aromatic carbocycles. The second kappa shape index (κ2) is 5.81. The van der Waals surface area contributed by atoms with E-state index in [1.54, 1.807) is 36.5 Å². The van der Waals surface area contributed by atoms with E-state index in [9.17, 15) is 4.79 Å².